The number of aliphatic hydroxyl groups excluding tert-OH is 2. The molecule has 0 aromatic carbocycles. The van der Waals surface area contributed by atoms with E-state index in [2.05, 4.69) is 0 Å². The Morgan fingerprint density at radius 3 is 2.83 bits per heavy atom. The van der Waals surface area contributed by atoms with Gasteiger partial charge in [-0.1, -0.05) is 35.4 Å². The Hall–Kier alpha value is -1.67. The van der Waals surface area contributed by atoms with Gasteiger partial charge in [-0.2, -0.15) is 0 Å². The number of esters is 1. The van der Waals surface area contributed by atoms with Crippen molar-refractivity contribution in [3.05, 3.63) is 34.4 Å². The molecule has 2 aliphatic rings. The van der Waals surface area contributed by atoms with Gasteiger partial charge in [0.25, 0.3) is 0 Å². The second-order valence-electron chi connectivity index (χ2n) is 7.65. The van der Waals surface area contributed by atoms with Gasteiger partial charge in [0.15, 0.2) is 0 Å². The summed E-state index contributed by atoms with van der Waals surface area (Å²) in [5.41, 5.74) is 1.14. The van der Waals surface area contributed by atoms with Crippen LogP contribution in [0.15, 0.2) is 34.4 Å². The molecule has 8 heteroatoms. The van der Waals surface area contributed by atoms with Crippen LogP contribution in [0.4, 0.5) is 0 Å². The van der Waals surface area contributed by atoms with E-state index in [0.29, 0.717) is 41.9 Å². The van der Waals surface area contributed by atoms with Gasteiger partial charge in [0.05, 0.1) is 25.0 Å². The second-order valence-corrected chi connectivity index (χ2v) is 8.14. The number of rotatable bonds is 4. The largest absolute Gasteiger partial charge is 0.481 e. The fourth-order valence-corrected chi connectivity index (χ4v) is 3.69. The number of carbonyl (C=O) groups excluding carboxylic acids is 1. The number of fused-ring (bicyclic) bond motifs is 2. The van der Waals surface area contributed by atoms with E-state index in [1.165, 1.54) is 6.08 Å². The summed E-state index contributed by atoms with van der Waals surface area (Å²) in [5, 5.41) is 30.3. The van der Waals surface area contributed by atoms with Crippen LogP contribution >= 0.6 is 11.6 Å². The van der Waals surface area contributed by atoms with Gasteiger partial charge in [0.1, 0.15) is 18.3 Å². The molecule has 162 valence electrons. The van der Waals surface area contributed by atoms with Gasteiger partial charge >= 0.3 is 11.9 Å². The van der Waals surface area contributed by atoms with E-state index in [-0.39, 0.29) is 18.9 Å². The lowest BCUT2D eigenvalue weighted by Crippen LogP contribution is -2.37. The van der Waals surface area contributed by atoms with E-state index in [1.807, 2.05) is 12.2 Å². The summed E-state index contributed by atoms with van der Waals surface area (Å²) in [7, 11) is 0. The molecule has 0 aromatic rings. The molecule has 0 aromatic heterocycles. The van der Waals surface area contributed by atoms with Crippen LogP contribution in [-0.2, 0) is 19.1 Å². The average Bonchev–Trinajstić information content (AvgIpc) is 3.00. The fraction of sp³-hybridized carbons (Fsp3) is 0.619. The van der Waals surface area contributed by atoms with Crippen molar-refractivity contribution in [1.82, 2.24) is 0 Å². The van der Waals surface area contributed by atoms with Crippen LogP contribution in [0.3, 0.4) is 0 Å². The standard InChI is InChI=1S/C21H29ClO7/c1-12(9-19(25)26)8-17(24)21-18-10-15(28-21)7-6-14(22)5-3-4-13(2)16(23)11-20(27)29-18/h4-5,8,15-18,21,23-24H,3,6-7,9-11H2,1-2H3,(H,25,26)/b12-8+,13-4-,14-5-/t15-,16-,17-,18-,21-/m1/s1. The predicted octanol–water partition coefficient (Wildman–Crippen LogP) is 2.84. The number of ether oxygens (including phenoxy) is 2. The lowest BCUT2D eigenvalue weighted by Gasteiger charge is -2.23. The van der Waals surface area contributed by atoms with Crippen molar-refractivity contribution in [3.63, 3.8) is 0 Å². The molecular formula is C21H29ClO7. The topological polar surface area (TPSA) is 113 Å². The third-order valence-electron chi connectivity index (χ3n) is 5.09. The zero-order valence-electron chi connectivity index (χ0n) is 16.7. The van der Waals surface area contributed by atoms with Crippen molar-refractivity contribution in [2.75, 3.05) is 0 Å². The fourth-order valence-electron chi connectivity index (χ4n) is 3.49. The highest BCUT2D eigenvalue weighted by Crippen LogP contribution is 2.31. The number of aliphatic hydroxyl groups is 2. The first-order valence-corrected chi connectivity index (χ1v) is 10.1. The number of allylic oxidation sites excluding steroid dienone is 3. The van der Waals surface area contributed by atoms with Gasteiger partial charge in [-0.05, 0) is 38.7 Å². The van der Waals surface area contributed by atoms with E-state index >= 15 is 0 Å². The first-order chi connectivity index (χ1) is 13.7. The summed E-state index contributed by atoms with van der Waals surface area (Å²) in [6, 6.07) is 0. The van der Waals surface area contributed by atoms with E-state index in [9.17, 15) is 19.8 Å². The van der Waals surface area contributed by atoms with Crippen molar-refractivity contribution in [2.24, 2.45) is 0 Å². The lowest BCUT2D eigenvalue weighted by molar-refractivity contribution is -0.156. The molecule has 0 saturated carbocycles. The van der Waals surface area contributed by atoms with Crippen LogP contribution in [0.1, 0.15) is 52.4 Å². The molecule has 2 heterocycles. The van der Waals surface area contributed by atoms with Gasteiger partial charge in [-0.15, -0.1) is 0 Å². The molecule has 0 radical (unpaired) electrons. The number of hydrogen-bond acceptors (Lipinski definition) is 6. The Balaban J connectivity index is 2.19. The number of carbonyl (C=O) groups is 2. The molecule has 0 spiro atoms. The van der Waals surface area contributed by atoms with E-state index < -0.39 is 36.4 Å². The lowest BCUT2D eigenvalue weighted by atomic mass is 10.0. The maximum absolute atomic E-state index is 12.3. The smallest absolute Gasteiger partial charge is 0.309 e. The summed E-state index contributed by atoms with van der Waals surface area (Å²) < 4.78 is 11.5. The number of halogens is 1. The van der Waals surface area contributed by atoms with Crippen LogP contribution in [0.25, 0.3) is 0 Å². The molecule has 2 bridgehead atoms. The Morgan fingerprint density at radius 1 is 1.41 bits per heavy atom. The highest BCUT2D eigenvalue weighted by Gasteiger charge is 2.41. The molecule has 2 rings (SSSR count). The minimum Gasteiger partial charge on any atom is -0.481 e. The molecule has 0 unspecified atom stereocenters. The Morgan fingerprint density at radius 2 is 2.14 bits per heavy atom. The molecule has 1 fully saturated rings. The summed E-state index contributed by atoms with van der Waals surface area (Å²) >= 11 is 6.26. The monoisotopic (exact) mass is 428 g/mol. The van der Waals surface area contributed by atoms with Crippen LogP contribution in [0.2, 0.25) is 0 Å². The molecule has 1 saturated heterocycles. The third kappa shape index (κ3) is 7.59. The first kappa shape index (κ1) is 23.6. The summed E-state index contributed by atoms with van der Waals surface area (Å²) in [5.74, 6) is -1.57. The summed E-state index contributed by atoms with van der Waals surface area (Å²) in [6.07, 6.45) is 3.00. The Kier molecular flexibility index (Phi) is 8.89. The molecule has 3 N–H and O–H groups in total. The highest BCUT2D eigenvalue weighted by molar-refractivity contribution is 6.29. The molecule has 2 aliphatic heterocycles. The van der Waals surface area contributed by atoms with Gasteiger partial charge < -0.3 is 24.8 Å². The molecule has 0 aliphatic carbocycles. The van der Waals surface area contributed by atoms with E-state index in [1.54, 1.807) is 13.8 Å². The quantitative estimate of drug-likeness (QED) is 0.466. The van der Waals surface area contributed by atoms with Crippen molar-refractivity contribution >= 4 is 23.5 Å². The van der Waals surface area contributed by atoms with E-state index in [4.69, 9.17) is 26.2 Å². The minimum absolute atomic E-state index is 0.197. The van der Waals surface area contributed by atoms with E-state index in [0.717, 1.165) is 0 Å². The molecule has 29 heavy (non-hydrogen) atoms. The zero-order chi connectivity index (χ0) is 21.6. The molecular weight excluding hydrogens is 400 g/mol. The number of aliphatic carboxylic acids is 1. The SMILES string of the molecule is C/C1=C/C/C=C(\Cl)CC[C@@H]2C[C@@H](OC(=O)C[C@H]1O)[C@@H]([C@H](O)/C=C(\C)CC(=O)O)O2. The zero-order valence-corrected chi connectivity index (χ0v) is 17.5. The maximum Gasteiger partial charge on any atom is 0.309 e. The molecule has 5 atom stereocenters. The van der Waals surface area contributed by atoms with Gasteiger partial charge in [-0.3, -0.25) is 9.59 Å². The van der Waals surface area contributed by atoms with Crippen LogP contribution in [0, 0.1) is 0 Å². The Bertz CT molecular complexity index is 697. The van der Waals surface area contributed by atoms with Gasteiger partial charge in [-0.25, -0.2) is 0 Å². The van der Waals surface area contributed by atoms with Crippen molar-refractivity contribution in [1.29, 1.82) is 0 Å². The van der Waals surface area contributed by atoms with Crippen molar-refractivity contribution in [3.8, 4) is 0 Å². The average molecular weight is 429 g/mol. The normalized spacial score (nSPS) is 34.2. The molecule has 0 amide bonds. The predicted molar refractivity (Wildman–Crippen MR) is 107 cm³/mol. The number of carboxylic acids is 1. The van der Waals surface area contributed by atoms with Crippen LogP contribution < -0.4 is 0 Å². The Labute approximate surface area is 175 Å². The van der Waals surface area contributed by atoms with Crippen molar-refractivity contribution < 1.29 is 34.4 Å². The van der Waals surface area contributed by atoms with Crippen LogP contribution in [-0.4, -0.2) is 57.8 Å². The third-order valence-corrected chi connectivity index (χ3v) is 5.43. The number of carboxylic acid groups (broad SMARTS) is 1. The van der Waals surface area contributed by atoms with Crippen LogP contribution in [0.5, 0.6) is 0 Å². The summed E-state index contributed by atoms with van der Waals surface area (Å²) in [6.45, 7) is 3.35. The highest BCUT2D eigenvalue weighted by atomic mass is 35.5. The van der Waals surface area contributed by atoms with Crippen molar-refractivity contribution in [2.45, 2.75) is 82.9 Å². The van der Waals surface area contributed by atoms with Gasteiger partial charge in [0.2, 0.25) is 0 Å². The second kappa shape index (κ2) is 10.9. The number of hydrogen-bond donors (Lipinski definition) is 3. The first-order valence-electron chi connectivity index (χ1n) is 9.77. The molecule has 7 nitrogen and oxygen atoms in total. The van der Waals surface area contributed by atoms with Gasteiger partial charge in [0, 0.05) is 11.5 Å². The minimum atomic E-state index is -1.12. The summed E-state index contributed by atoms with van der Waals surface area (Å²) in [4.78, 5) is 23.2. The maximum atomic E-state index is 12.3.